The summed E-state index contributed by atoms with van der Waals surface area (Å²) in [7, 11) is 0. The van der Waals surface area contributed by atoms with Crippen LogP contribution in [0.4, 0.5) is 5.69 Å². The van der Waals surface area contributed by atoms with Crippen LogP contribution in [0.15, 0.2) is 65.2 Å². The summed E-state index contributed by atoms with van der Waals surface area (Å²) in [5.74, 6) is 0.799. The van der Waals surface area contributed by atoms with Gasteiger partial charge in [0.05, 0.1) is 18.7 Å². The van der Waals surface area contributed by atoms with Crippen molar-refractivity contribution in [3.05, 3.63) is 83.2 Å². The zero-order valence-electron chi connectivity index (χ0n) is 13.9. The van der Waals surface area contributed by atoms with Crippen molar-refractivity contribution in [2.24, 2.45) is 0 Å². The van der Waals surface area contributed by atoms with Crippen LogP contribution >= 0.6 is 0 Å². The van der Waals surface area contributed by atoms with Crippen molar-refractivity contribution in [3.63, 3.8) is 0 Å². The van der Waals surface area contributed by atoms with Gasteiger partial charge in [0, 0.05) is 11.3 Å². The molecule has 4 nitrogen and oxygen atoms in total. The van der Waals surface area contributed by atoms with E-state index in [0.717, 1.165) is 28.3 Å². The second-order valence-electron chi connectivity index (χ2n) is 5.78. The van der Waals surface area contributed by atoms with Gasteiger partial charge in [0.2, 0.25) is 5.91 Å². The van der Waals surface area contributed by atoms with Crippen LogP contribution < -0.4 is 4.90 Å². The number of para-hydroxylation sites is 1. The van der Waals surface area contributed by atoms with E-state index in [1.165, 1.54) is 0 Å². The summed E-state index contributed by atoms with van der Waals surface area (Å²) in [6.07, 6.45) is 0.360. The predicted molar refractivity (Wildman–Crippen MR) is 93.8 cm³/mol. The normalized spacial score (nSPS) is 10.6. The average molecular weight is 320 g/mol. The van der Waals surface area contributed by atoms with Gasteiger partial charge in [-0.25, -0.2) is 0 Å². The maximum absolute atomic E-state index is 12.9. The highest BCUT2D eigenvalue weighted by atomic mass is 16.5. The van der Waals surface area contributed by atoms with E-state index in [4.69, 9.17) is 4.52 Å². The summed E-state index contributed by atoms with van der Waals surface area (Å²) in [4.78, 5) is 14.7. The summed E-state index contributed by atoms with van der Waals surface area (Å²) in [5, 5.41) is 3.99. The first-order chi connectivity index (χ1) is 11.6. The van der Waals surface area contributed by atoms with Crippen molar-refractivity contribution in [3.8, 4) is 0 Å². The Hall–Kier alpha value is -2.88. The van der Waals surface area contributed by atoms with Gasteiger partial charge >= 0.3 is 0 Å². The summed E-state index contributed by atoms with van der Waals surface area (Å²) < 4.78 is 5.24. The van der Waals surface area contributed by atoms with Crippen LogP contribution in [0.25, 0.3) is 0 Å². The molecule has 0 aliphatic rings. The SMILES string of the molecule is Cc1noc(C)c1CN(C(=O)Cc1ccccc1)c1ccccc1. The predicted octanol–water partition coefficient (Wildman–Crippen LogP) is 4.07. The fourth-order valence-electron chi connectivity index (χ4n) is 2.68. The van der Waals surface area contributed by atoms with E-state index >= 15 is 0 Å². The first-order valence-electron chi connectivity index (χ1n) is 7.96. The molecule has 122 valence electrons. The van der Waals surface area contributed by atoms with Crippen LogP contribution in [0.5, 0.6) is 0 Å². The highest BCUT2D eigenvalue weighted by Crippen LogP contribution is 2.22. The number of hydrogen-bond donors (Lipinski definition) is 0. The van der Waals surface area contributed by atoms with Gasteiger partial charge in [0.1, 0.15) is 5.76 Å². The molecule has 0 radical (unpaired) electrons. The summed E-state index contributed by atoms with van der Waals surface area (Å²) in [6.45, 7) is 4.23. The third kappa shape index (κ3) is 3.54. The molecule has 3 aromatic rings. The molecule has 1 amide bonds. The molecule has 0 saturated heterocycles. The van der Waals surface area contributed by atoms with E-state index in [-0.39, 0.29) is 5.91 Å². The molecule has 3 rings (SSSR count). The summed E-state index contributed by atoms with van der Waals surface area (Å²) in [5.41, 5.74) is 3.65. The third-order valence-corrected chi connectivity index (χ3v) is 4.06. The van der Waals surface area contributed by atoms with Crippen molar-refractivity contribution in [1.82, 2.24) is 5.16 Å². The number of amides is 1. The smallest absolute Gasteiger partial charge is 0.231 e. The van der Waals surface area contributed by atoms with Crippen LogP contribution in [0.2, 0.25) is 0 Å². The zero-order valence-corrected chi connectivity index (χ0v) is 13.9. The lowest BCUT2D eigenvalue weighted by molar-refractivity contribution is -0.118. The molecule has 0 saturated carbocycles. The number of carbonyl (C=O) groups is 1. The largest absolute Gasteiger partial charge is 0.361 e. The lowest BCUT2D eigenvalue weighted by atomic mass is 10.1. The van der Waals surface area contributed by atoms with Crippen molar-refractivity contribution in [2.45, 2.75) is 26.8 Å². The third-order valence-electron chi connectivity index (χ3n) is 4.06. The molecule has 0 atom stereocenters. The minimum atomic E-state index is 0.0485. The molecule has 0 bridgehead atoms. The van der Waals surface area contributed by atoms with E-state index in [0.29, 0.717) is 13.0 Å². The number of rotatable bonds is 5. The Morgan fingerprint density at radius 2 is 1.62 bits per heavy atom. The van der Waals surface area contributed by atoms with Crippen LogP contribution in [0.3, 0.4) is 0 Å². The van der Waals surface area contributed by atoms with Gasteiger partial charge in [0.15, 0.2) is 0 Å². The highest BCUT2D eigenvalue weighted by Gasteiger charge is 2.20. The molecule has 4 heteroatoms. The molecular weight excluding hydrogens is 300 g/mol. The number of anilines is 1. The van der Waals surface area contributed by atoms with Gasteiger partial charge in [-0.15, -0.1) is 0 Å². The van der Waals surface area contributed by atoms with E-state index < -0.39 is 0 Å². The Balaban J connectivity index is 1.89. The Morgan fingerprint density at radius 3 is 2.21 bits per heavy atom. The highest BCUT2D eigenvalue weighted by molar-refractivity contribution is 5.94. The summed E-state index contributed by atoms with van der Waals surface area (Å²) >= 11 is 0. The van der Waals surface area contributed by atoms with Crippen molar-refractivity contribution < 1.29 is 9.32 Å². The molecule has 0 aliphatic carbocycles. The minimum Gasteiger partial charge on any atom is -0.361 e. The van der Waals surface area contributed by atoms with Gasteiger partial charge in [-0.05, 0) is 31.5 Å². The molecule has 0 aliphatic heterocycles. The quantitative estimate of drug-likeness (QED) is 0.712. The topological polar surface area (TPSA) is 46.3 Å². The van der Waals surface area contributed by atoms with E-state index in [1.54, 1.807) is 4.90 Å². The van der Waals surface area contributed by atoms with E-state index in [9.17, 15) is 4.79 Å². The number of carbonyl (C=O) groups excluding carboxylic acids is 1. The van der Waals surface area contributed by atoms with Crippen molar-refractivity contribution in [1.29, 1.82) is 0 Å². The Morgan fingerprint density at radius 1 is 1.00 bits per heavy atom. The number of hydrogen-bond acceptors (Lipinski definition) is 3. The molecule has 24 heavy (non-hydrogen) atoms. The van der Waals surface area contributed by atoms with Gasteiger partial charge in [-0.1, -0.05) is 53.7 Å². The van der Waals surface area contributed by atoms with Crippen LogP contribution in [0.1, 0.15) is 22.6 Å². The Bertz CT molecular complexity index is 791. The zero-order chi connectivity index (χ0) is 16.9. The second-order valence-corrected chi connectivity index (χ2v) is 5.78. The van der Waals surface area contributed by atoms with Gasteiger partial charge in [-0.2, -0.15) is 0 Å². The molecule has 1 aromatic heterocycles. The lowest BCUT2D eigenvalue weighted by Gasteiger charge is -2.23. The van der Waals surface area contributed by atoms with Gasteiger partial charge < -0.3 is 9.42 Å². The first-order valence-corrected chi connectivity index (χ1v) is 7.96. The number of aromatic nitrogens is 1. The second kappa shape index (κ2) is 7.13. The maximum atomic E-state index is 12.9. The molecule has 0 N–H and O–H groups in total. The van der Waals surface area contributed by atoms with Crippen molar-refractivity contribution in [2.75, 3.05) is 4.90 Å². The minimum absolute atomic E-state index is 0.0485. The monoisotopic (exact) mass is 320 g/mol. The van der Waals surface area contributed by atoms with Crippen LogP contribution in [0, 0.1) is 13.8 Å². The Kier molecular flexibility index (Phi) is 4.75. The Labute approximate surface area is 141 Å². The molecule has 0 unspecified atom stereocenters. The van der Waals surface area contributed by atoms with Gasteiger partial charge in [-0.3, -0.25) is 4.79 Å². The molecule has 2 aromatic carbocycles. The first kappa shape index (κ1) is 16.0. The number of aryl methyl sites for hydroxylation is 2. The lowest BCUT2D eigenvalue weighted by Crippen LogP contribution is -2.32. The van der Waals surface area contributed by atoms with Gasteiger partial charge in [0.25, 0.3) is 0 Å². The maximum Gasteiger partial charge on any atom is 0.231 e. The number of nitrogens with zero attached hydrogens (tertiary/aromatic N) is 2. The molecule has 1 heterocycles. The fraction of sp³-hybridized carbons (Fsp3) is 0.200. The van der Waals surface area contributed by atoms with E-state index in [1.807, 2.05) is 74.5 Å². The van der Waals surface area contributed by atoms with E-state index in [2.05, 4.69) is 5.16 Å². The summed E-state index contributed by atoms with van der Waals surface area (Å²) in [6, 6.07) is 19.5. The number of benzene rings is 2. The molecular formula is C20H20N2O2. The van der Waals surface area contributed by atoms with Crippen LogP contribution in [-0.4, -0.2) is 11.1 Å². The average Bonchev–Trinajstić information content (AvgIpc) is 2.92. The fourth-order valence-corrected chi connectivity index (χ4v) is 2.68. The van der Waals surface area contributed by atoms with Crippen LogP contribution in [-0.2, 0) is 17.8 Å². The molecule has 0 spiro atoms. The molecule has 0 fully saturated rings. The standard InChI is InChI=1S/C20H20N2O2/c1-15-19(16(2)24-21-15)14-22(18-11-7-4-8-12-18)20(23)13-17-9-5-3-6-10-17/h3-12H,13-14H2,1-2H3. The van der Waals surface area contributed by atoms with Crippen molar-refractivity contribution >= 4 is 11.6 Å².